The quantitative estimate of drug-likeness (QED) is 0.666. The molecule has 3 aliphatic rings. The van der Waals surface area contributed by atoms with Crippen LogP contribution in [-0.2, 0) is 11.3 Å². The fraction of sp³-hybridized carbons (Fsp3) is 0.286. The molecule has 0 N–H and O–H groups in total. The van der Waals surface area contributed by atoms with Crippen LogP contribution in [0, 0.1) is 0 Å². The monoisotopic (exact) mass is 405 g/mol. The highest BCUT2D eigenvalue weighted by molar-refractivity contribution is 6.01. The molecule has 3 amide bonds. The maximum absolute atomic E-state index is 13.0. The summed E-state index contributed by atoms with van der Waals surface area (Å²) in [7, 11) is 0. The number of amides is 3. The highest BCUT2D eigenvalue weighted by atomic mass is 16.7. The first-order valence-electron chi connectivity index (χ1n) is 9.91. The summed E-state index contributed by atoms with van der Waals surface area (Å²) >= 11 is 0. The van der Waals surface area contributed by atoms with Crippen molar-refractivity contribution in [1.82, 2.24) is 14.5 Å². The van der Waals surface area contributed by atoms with E-state index >= 15 is 0 Å². The number of anilines is 2. The summed E-state index contributed by atoms with van der Waals surface area (Å²) in [5.74, 6) is 1.84. The van der Waals surface area contributed by atoms with Crippen molar-refractivity contribution in [2.24, 2.45) is 0 Å². The van der Waals surface area contributed by atoms with E-state index in [1.165, 1.54) is 0 Å². The molecule has 0 aliphatic carbocycles. The van der Waals surface area contributed by atoms with Gasteiger partial charge >= 0.3 is 6.03 Å². The standard InChI is InChI=1S/C21H19N5O4/c27-19(26-10-9-25-16-4-2-1-3-15(16)22-20(25)26)12-23-7-8-24(21(23)28)14-5-6-17-18(11-14)30-13-29-17/h1-6,11H,7-10,12-13H2. The number of hydrogen-bond donors (Lipinski definition) is 0. The van der Waals surface area contributed by atoms with Gasteiger partial charge in [0.2, 0.25) is 18.6 Å². The van der Waals surface area contributed by atoms with Gasteiger partial charge in [-0.1, -0.05) is 12.1 Å². The minimum absolute atomic E-state index is 0.0308. The molecule has 4 heterocycles. The average molecular weight is 405 g/mol. The first kappa shape index (κ1) is 17.1. The lowest BCUT2D eigenvalue weighted by molar-refractivity contribution is -0.119. The van der Waals surface area contributed by atoms with Crippen LogP contribution in [0.4, 0.5) is 16.4 Å². The second-order valence-electron chi connectivity index (χ2n) is 7.49. The summed E-state index contributed by atoms with van der Waals surface area (Å²) in [6.07, 6.45) is 0. The van der Waals surface area contributed by atoms with E-state index in [9.17, 15) is 9.59 Å². The van der Waals surface area contributed by atoms with Crippen molar-refractivity contribution in [2.45, 2.75) is 6.54 Å². The maximum Gasteiger partial charge on any atom is 0.325 e. The number of rotatable bonds is 3. The van der Waals surface area contributed by atoms with Crippen LogP contribution in [0.5, 0.6) is 11.5 Å². The van der Waals surface area contributed by atoms with Crippen molar-refractivity contribution in [2.75, 3.05) is 42.8 Å². The fourth-order valence-electron chi connectivity index (χ4n) is 4.30. The van der Waals surface area contributed by atoms with Crippen molar-refractivity contribution in [1.29, 1.82) is 0 Å². The van der Waals surface area contributed by atoms with Gasteiger partial charge in [0.05, 0.1) is 11.0 Å². The number of para-hydroxylation sites is 2. The smallest absolute Gasteiger partial charge is 0.325 e. The Kier molecular flexibility index (Phi) is 3.64. The Morgan fingerprint density at radius 1 is 1.00 bits per heavy atom. The van der Waals surface area contributed by atoms with Crippen molar-refractivity contribution >= 4 is 34.6 Å². The molecule has 1 saturated heterocycles. The molecule has 1 fully saturated rings. The molecular weight excluding hydrogens is 386 g/mol. The van der Waals surface area contributed by atoms with Crippen LogP contribution in [0.2, 0.25) is 0 Å². The highest BCUT2D eigenvalue weighted by Crippen LogP contribution is 2.36. The molecule has 0 saturated carbocycles. The summed E-state index contributed by atoms with van der Waals surface area (Å²) in [6.45, 7) is 2.50. The Bertz CT molecular complexity index is 1190. The van der Waals surface area contributed by atoms with Gasteiger partial charge in [0.25, 0.3) is 0 Å². The van der Waals surface area contributed by atoms with Gasteiger partial charge in [-0.15, -0.1) is 0 Å². The van der Waals surface area contributed by atoms with Crippen LogP contribution >= 0.6 is 0 Å². The Morgan fingerprint density at radius 3 is 2.80 bits per heavy atom. The minimum atomic E-state index is -0.185. The lowest BCUT2D eigenvalue weighted by Gasteiger charge is -2.21. The van der Waals surface area contributed by atoms with E-state index in [1.807, 2.05) is 30.3 Å². The van der Waals surface area contributed by atoms with E-state index in [1.54, 1.807) is 26.8 Å². The highest BCUT2D eigenvalue weighted by Gasteiger charge is 2.35. The lowest BCUT2D eigenvalue weighted by Crippen LogP contribution is -2.42. The van der Waals surface area contributed by atoms with Gasteiger partial charge in [-0.05, 0) is 24.3 Å². The van der Waals surface area contributed by atoms with Crippen LogP contribution < -0.4 is 19.3 Å². The van der Waals surface area contributed by atoms with Gasteiger partial charge < -0.3 is 18.9 Å². The number of hydrogen-bond acceptors (Lipinski definition) is 5. The molecule has 1 aromatic heterocycles. The third kappa shape index (κ3) is 2.51. The molecule has 0 spiro atoms. The molecule has 152 valence electrons. The van der Waals surface area contributed by atoms with E-state index in [2.05, 4.69) is 9.55 Å². The summed E-state index contributed by atoms with van der Waals surface area (Å²) in [6, 6.07) is 13.1. The molecule has 0 radical (unpaired) electrons. The largest absolute Gasteiger partial charge is 0.454 e. The second-order valence-corrected chi connectivity index (χ2v) is 7.49. The summed E-state index contributed by atoms with van der Waals surface area (Å²) in [5, 5.41) is 0. The van der Waals surface area contributed by atoms with E-state index < -0.39 is 0 Å². The average Bonchev–Trinajstić information content (AvgIpc) is 3.51. The zero-order valence-electron chi connectivity index (χ0n) is 16.2. The first-order chi connectivity index (χ1) is 14.7. The van der Waals surface area contributed by atoms with Gasteiger partial charge in [0.15, 0.2) is 11.5 Å². The predicted octanol–water partition coefficient (Wildman–Crippen LogP) is 2.05. The number of nitrogens with zero attached hydrogens (tertiary/aromatic N) is 5. The van der Waals surface area contributed by atoms with Gasteiger partial charge in [0, 0.05) is 37.9 Å². The van der Waals surface area contributed by atoms with Crippen LogP contribution in [0.1, 0.15) is 0 Å². The Hall–Kier alpha value is -3.75. The number of fused-ring (bicyclic) bond motifs is 4. The van der Waals surface area contributed by atoms with E-state index in [0.717, 1.165) is 16.7 Å². The number of ether oxygens (including phenoxy) is 2. The van der Waals surface area contributed by atoms with Gasteiger partial charge in [-0.2, -0.15) is 0 Å². The van der Waals surface area contributed by atoms with Crippen molar-refractivity contribution < 1.29 is 19.1 Å². The number of imidazole rings is 1. The first-order valence-corrected chi connectivity index (χ1v) is 9.91. The molecule has 0 atom stereocenters. The number of carbonyl (C=O) groups excluding carboxylic acids is 2. The third-order valence-corrected chi connectivity index (χ3v) is 5.81. The molecule has 30 heavy (non-hydrogen) atoms. The normalized spacial score (nSPS) is 17.3. The zero-order chi connectivity index (χ0) is 20.2. The van der Waals surface area contributed by atoms with E-state index in [4.69, 9.17) is 9.47 Å². The molecule has 3 aromatic rings. The summed E-state index contributed by atoms with van der Waals surface area (Å²) in [4.78, 5) is 35.5. The van der Waals surface area contributed by atoms with Crippen LogP contribution in [0.15, 0.2) is 42.5 Å². The molecule has 6 rings (SSSR count). The number of urea groups is 1. The molecule has 9 nitrogen and oxygen atoms in total. The van der Waals surface area contributed by atoms with Crippen molar-refractivity contribution in [3.8, 4) is 11.5 Å². The van der Waals surface area contributed by atoms with Gasteiger partial charge in [0.1, 0.15) is 6.54 Å². The van der Waals surface area contributed by atoms with Gasteiger partial charge in [-0.3, -0.25) is 14.6 Å². The summed E-state index contributed by atoms with van der Waals surface area (Å²) in [5.41, 5.74) is 2.63. The number of aromatic nitrogens is 2. The van der Waals surface area contributed by atoms with E-state index in [0.29, 0.717) is 43.6 Å². The Labute approximate surface area is 172 Å². The molecule has 3 aliphatic heterocycles. The predicted molar refractivity (Wildman–Crippen MR) is 109 cm³/mol. The minimum Gasteiger partial charge on any atom is -0.454 e. The molecule has 0 unspecified atom stereocenters. The summed E-state index contributed by atoms with van der Waals surface area (Å²) < 4.78 is 12.8. The number of carbonyl (C=O) groups is 2. The molecular formula is C21H19N5O4. The Balaban J connectivity index is 1.19. The van der Waals surface area contributed by atoms with Gasteiger partial charge in [-0.25, -0.2) is 9.78 Å². The van der Waals surface area contributed by atoms with Crippen LogP contribution in [0.25, 0.3) is 11.0 Å². The maximum atomic E-state index is 13.0. The lowest BCUT2D eigenvalue weighted by atomic mass is 10.2. The van der Waals surface area contributed by atoms with Crippen LogP contribution in [0.3, 0.4) is 0 Å². The van der Waals surface area contributed by atoms with Crippen LogP contribution in [-0.4, -0.2) is 59.4 Å². The molecule has 2 aromatic carbocycles. The Morgan fingerprint density at radius 2 is 1.87 bits per heavy atom. The van der Waals surface area contributed by atoms with Crippen molar-refractivity contribution in [3.05, 3.63) is 42.5 Å². The number of benzene rings is 2. The van der Waals surface area contributed by atoms with Crippen molar-refractivity contribution in [3.63, 3.8) is 0 Å². The fourth-order valence-corrected chi connectivity index (χ4v) is 4.30. The third-order valence-electron chi connectivity index (χ3n) is 5.81. The SMILES string of the molecule is O=C1N(CC(=O)N2CCn3c2nc2ccccc23)CCN1c1ccc2c(c1)OCO2. The molecule has 9 heteroatoms. The zero-order valence-corrected chi connectivity index (χ0v) is 16.2. The second kappa shape index (κ2) is 6.38. The van der Waals surface area contributed by atoms with E-state index in [-0.39, 0.29) is 25.3 Å². The molecule has 0 bridgehead atoms. The topological polar surface area (TPSA) is 80.1 Å².